The molecule has 4 rings (SSSR count). The molecule has 2 aliphatic heterocycles. The molecule has 1 saturated heterocycles. The molecule has 0 unspecified atom stereocenters. The fourth-order valence-electron chi connectivity index (χ4n) is 3.15. The molecule has 7 nitrogen and oxygen atoms in total. The van der Waals surface area contributed by atoms with E-state index in [0.29, 0.717) is 49.1 Å². The molecule has 1 amide bonds. The second kappa shape index (κ2) is 6.10. The van der Waals surface area contributed by atoms with Crippen LogP contribution in [0.2, 0.25) is 0 Å². The molecule has 2 atom stereocenters. The minimum atomic E-state index is -0.577. The number of aryl methyl sites for hydroxylation is 1. The third-order valence-corrected chi connectivity index (χ3v) is 5.26. The van der Waals surface area contributed by atoms with Gasteiger partial charge in [-0.25, -0.2) is 0 Å². The molecule has 0 saturated carbocycles. The molecule has 4 heterocycles. The Labute approximate surface area is 142 Å². The molecule has 2 aliphatic rings. The van der Waals surface area contributed by atoms with E-state index in [2.05, 4.69) is 5.16 Å². The summed E-state index contributed by atoms with van der Waals surface area (Å²) < 4.78 is 16.3. The van der Waals surface area contributed by atoms with Gasteiger partial charge in [0.15, 0.2) is 11.5 Å². The summed E-state index contributed by atoms with van der Waals surface area (Å²) in [6.45, 7) is 3.59. The fourth-order valence-corrected chi connectivity index (χ4v) is 4.04. The number of carbonyl (C=O) groups is 1. The van der Waals surface area contributed by atoms with Crippen LogP contribution in [-0.2, 0) is 6.42 Å². The van der Waals surface area contributed by atoms with Gasteiger partial charge >= 0.3 is 0 Å². The Hall–Kier alpha value is -2.06. The minimum absolute atomic E-state index is 0.0609. The average molecular weight is 350 g/mol. The van der Waals surface area contributed by atoms with Gasteiger partial charge in [0, 0.05) is 36.9 Å². The molecule has 1 N–H and O–H groups in total. The lowest BCUT2D eigenvalue weighted by Gasteiger charge is -2.19. The van der Waals surface area contributed by atoms with Gasteiger partial charge < -0.3 is 24.0 Å². The molecule has 0 spiro atoms. The summed E-state index contributed by atoms with van der Waals surface area (Å²) >= 11 is 1.32. The molecule has 128 valence electrons. The van der Waals surface area contributed by atoms with Crippen LogP contribution in [0.5, 0.6) is 11.5 Å². The SMILES string of the molecule is Cc1cc(C[C@@H]2CN(C(=O)c3scc4c3OCCO4)C[C@@H]2O)on1. The van der Waals surface area contributed by atoms with Crippen molar-refractivity contribution in [2.75, 3.05) is 26.3 Å². The van der Waals surface area contributed by atoms with E-state index in [1.54, 1.807) is 10.3 Å². The van der Waals surface area contributed by atoms with Crippen LogP contribution in [0.15, 0.2) is 16.0 Å². The molecular weight excluding hydrogens is 332 g/mol. The summed E-state index contributed by atoms with van der Waals surface area (Å²) in [5, 5.41) is 16.0. The third-order valence-electron chi connectivity index (χ3n) is 4.33. The standard InChI is InChI=1S/C16H18N2O5S/c1-9-4-11(23-17-9)5-10-6-18(7-12(10)19)16(20)15-14-13(8-24-15)21-2-3-22-14/h4,8,10,12,19H,2-3,5-7H2,1H3/t10-,12+/m1/s1. The maximum atomic E-state index is 12.8. The zero-order chi connectivity index (χ0) is 16.7. The van der Waals surface area contributed by atoms with Gasteiger partial charge in [0.05, 0.1) is 11.8 Å². The van der Waals surface area contributed by atoms with E-state index in [4.69, 9.17) is 14.0 Å². The Balaban J connectivity index is 1.47. The van der Waals surface area contributed by atoms with E-state index in [9.17, 15) is 9.90 Å². The van der Waals surface area contributed by atoms with Gasteiger partial charge in [0.25, 0.3) is 5.91 Å². The lowest BCUT2D eigenvalue weighted by molar-refractivity contribution is 0.0760. The van der Waals surface area contributed by atoms with Gasteiger partial charge in [-0.05, 0) is 6.92 Å². The van der Waals surface area contributed by atoms with Crippen molar-refractivity contribution >= 4 is 17.2 Å². The van der Waals surface area contributed by atoms with Crippen molar-refractivity contribution in [3.05, 3.63) is 27.8 Å². The van der Waals surface area contributed by atoms with Gasteiger partial charge in [-0.1, -0.05) is 5.16 Å². The Kier molecular flexibility index (Phi) is 3.93. The Bertz CT molecular complexity index is 755. The molecule has 2 aromatic rings. The van der Waals surface area contributed by atoms with Crippen molar-refractivity contribution in [1.29, 1.82) is 0 Å². The number of amides is 1. The average Bonchev–Trinajstić information content (AvgIpc) is 3.27. The monoisotopic (exact) mass is 350 g/mol. The van der Waals surface area contributed by atoms with E-state index in [1.807, 2.05) is 13.0 Å². The molecule has 24 heavy (non-hydrogen) atoms. The smallest absolute Gasteiger partial charge is 0.268 e. The molecule has 0 aromatic carbocycles. The molecular formula is C16H18N2O5S. The number of thiophene rings is 1. The van der Waals surface area contributed by atoms with Crippen molar-refractivity contribution in [3.8, 4) is 11.5 Å². The van der Waals surface area contributed by atoms with Crippen molar-refractivity contribution in [2.45, 2.75) is 19.4 Å². The largest absolute Gasteiger partial charge is 0.485 e. The first-order valence-electron chi connectivity index (χ1n) is 7.88. The number of nitrogens with zero attached hydrogens (tertiary/aromatic N) is 2. The van der Waals surface area contributed by atoms with Gasteiger partial charge in [-0.2, -0.15) is 0 Å². The Morgan fingerprint density at radius 1 is 1.42 bits per heavy atom. The van der Waals surface area contributed by atoms with Crippen LogP contribution >= 0.6 is 11.3 Å². The fraction of sp³-hybridized carbons (Fsp3) is 0.500. The predicted molar refractivity (Wildman–Crippen MR) is 85.7 cm³/mol. The Morgan fingerprint density at radius 2 is 2.25 bits per heavy atom. The van der Waals surface area contributed by atoms with Crippen LogP contribution in [-0.4, -0.2) is 53.5 Å². The first-order valence-corrected chi connectivity index (χ1v) is 8.76. The number of rotatable bonds is 3. The minimum Gasteiger partial charge on any atom is -0.485 e. The van der Waals surface area contributed by atoms with Crippen LogP contribution in [0.1, 0.15) is 21.1 Å². The summed E-state index contributed by atoms with van der Waals surface area (Å²) in [6.07, 6.45) is -0.0131. The van der Waals surface area contributed by atoms with E-state index in [1.165, 1.54) is 11.3 Å². The predicted octanol–water partition coefficient (Wildman–Crippen LogP) is 1.49. The summed E-state index contributed by atoms with van der Waals surface area (Å²) in [7, 11) is 0. The number of aliphatic hydroxyl groups excluding tert-OH is 1. The van der Waals surface area contributed by atoms with Crippen LogP contribution in [0.3, 0.4) is 0 Å². The number of aromatic nitrogens is 1. The number of β-amino-alcohol motifs (C(OH)–C–C–N with tert-alkyl or cyclic N) is 1. The highest BCUT2D eigenvalue weighted by atomic mass is 32.1. The highest BCUT2D eigenvalue weighted by Gasteiger charge is 2.37. The summed E-state index contributed by atoms with van der Waals surface area (Å²) in [4.78, 5) is 15.0. The molecule has 0 aliphatic carbocycles. The van der Waals surface area contributed by atoms with Crippen LogP contribution in [0, 0.1) is 12.8 Å². The van der Waals surface area contributed by atoms with Gasteiger partial charge in [-0.15, -0.1) is 11.3 Å². The van der Waals surface area contributed by atoms with Crippen LogP contribution < -0.4 is 9.47 Å². The highest BCUT2D eigenvalue weighted by molar-refractivity contribution is 7.12. The van der Waals surface area contributed by atoms with Crippen molar-refractivity contribution in [1.82, 2.24) is 10.1 Å². The second-order valence-electron chi connectivity index (χ2n) is 6.13. The maximum Gasteiger partial charge on any atom is 0.268 e. The van der Waals surface area contributed by atoms with Gasteiger partial charge in [0.2, 0.25) is 0 Å². The summed E-state index contributed by atoms with van der Waals surface area (Å²) in [6, 6.07) is 1.86. The molecule has 2 aromatic heterocycles. The van der Waals surface area contributed by atoms with Gasteiger partial charge in [0.1, 0.15) is 23.9 Å². The zero-order valence-electron chi connectivity index (χ0n) is 13.2. The van der Waals surface area contributed by atoms with E-state index < -0.39 is 6.10 Å². The summed E-state index contributed by atoms with van der Waals surface area (Å²) in [5.74, 6) is 1.70. The summed E-state index contributed by atoms with van der Waals surface area (Å²) in [5.41, 5.74) is 0.813. The van der Waals surface area contributed by atoms with Crippen molar-refractivity contribution in [3.63, 3.8) is 0 Å². The maximum absolute atomic E-state index is 12.8. The topological polar surface area (TPSA) is 85.0 Å². The molecule has 1 fully saturated rings. The molecule has 8 heteroatoms. The number of aliphatic hydroxyl groups is 1. The number of hydrogen-bond donors (Lipinski definition) is 1. The number of carbonyl (C=O) groups excluding carboxylic acids is 1. The van der Waals surface area contributed by atoms with E-state index in [-0.39, 0.29) is 11.8 Å². The first-order chi connectivity index (χ1) is 11.6. The first kappa shape index (κ1) is 15.5. The molecule has 0 radical (unpaired) electrons. The lowest BCUT2D eigenvalue weighted by Crippen LogP contribution is -2.29. The quantitative estimate of drug-likeness (QED) is 0.903. The van der Waals surface area contributed by atoms with E-state index in [0.717, 1.165) is 11.5 Å². The van der Waals surface area contributed by atoms with Crippen molar-refractivity contribution < 1.29 is 23.9 Å². The zero-order valence-corrected chi connectivity index (χ0v) is 14.0. The van der Waals surface area contributed by atoms with E-state index >= 15 is 0 Å². The number of likely N-dealkylation sites (tertiary alicyclic amines) is 1. The normalized spacial score (nSPS) is 22.8. The molecule has 0 bridgehead atoms. The Morgan fingerprint density at radius 3 is 3.04 bits per heavy atom. The number of hydrogen-bond acceptors (Lipinski definition) is 7. The lowest BCUT2D eigenvalue weighted by atomic mass is 10.0. The number of ether oxygens (including phenoxy) is 2. The van der Waals surface area contributed by atoms with Crippen LogP contribution in [0.4, 0.5) is 0 Å². The second-order valence-corrected chi connectivity index (χ2v) is 7.01. The van der Waals surface area contributed by atoms with Crippen LogP contribution in [0.25, 0.3) is 0 Å². The number of fused-ring (bicyclic) bond motifs is 1. The third kappa shape index (κ3) is 2.76. The van der Waals surface area contributed by atoms with Crippen molar-refractivity contribution in [2.24, 2.45) is 5.92 Å². The highest BCUT2D eigenvalue weighted by Crippen LogP contribution is 2.40. The van der Waals surface area contributed by atoms with Gasteiger partial charge in [-0.3, -0.25) is 4.79 Å².